The lowest BCUT2D eigenvalue weighted by molar-refractivity contribution is 0.145. The number of amides is 2. The Labute approximate surface area is 157 Å². The number of rotatable bonds is 7. The van der Waals surface area contributed by atoms with Gasteiger partial charge in [0.15, 0.2) is 5.82 Å². The van der Waals surface area contributed by atoms with Crippen molar-refractivity contribution in [3.05, 3.63) is 48.0 Å². The molecule has 0 bridgehead atoms. The number of fused-ring (bicyclic) bond motifs is 1. The summed E-state index contributed by atoms with van der Waals surface area (Å²) < 4.78 is 5.23. The smallest absolute Gasteiger partial charge is 0.320 e. The molecule has 1 aromatic heterocycles. The summed E-state index contributed by atoms with van der Waals surface area (Å²) in [6.07, 6.45) is 0.758. The first kappa shape index (κ1) is 18.4. The Bertz CT molecular complexity index is 974. The van der Waals surface area contributed by atoms with E-state index in [9.17, 15) is 4.79 Å². The van der Waals surface area contributed by atoms with Crippen LogP contribution in [0.5, 0.6) is 0 Å². The first-order chi connectivity index (χ1) is 13.2. The average Bonchev–Trinajstić information content (AvgIpc) is 3.10. The van der Waals surface area contributed by atoms with Gasteiger partial charge in [0.2, 0.25) is 0 Å². The van der Waals surface area contributed by atoms with Crippen molar-refractivity contribution in [2.24, 2.45) is 0 Å². The largest absolute Gasteiger partial charge is 0.382 e. The van der Waals surface area contributed by atoms with E-state index in [1.54, 1.807) is 6.07 Å². The van der Waals surface area contributed by atoms with Crippen LogP contribution >= 0.6 is 0 Å². The van der Waals surface area contributed by atoms with Gasteiger partial charge >= 0.3 is 6.03 Å². The third-order valence-electron chi connectivity index (χ3n) is 4.07. The lowest BCUT2D eigenvalue weighted by atomic mass is 10.0. The van der Waals surface area contributed by atoms with Crippen molar-refractivity contribution < 1.29 is 9.53 Å². The molecule has 3 aromatic rings. The summed E-state index contributed by atoms with van der Waals surface area (Å²) in [5, 5.41) is 22.5. The Morgan fingerprint density at radius 3 is 2.93 bits per heavy atom. The van der Waals surface area contributed by atoms with Crippen LogP contribution in [0, 0.1) is 11.3 Å². The van der Waals surface area contributed by atoms with Crippen molar-refractivity contribution in [1.29, 1.82) is 5.26 Å². The molecular formula is C20H21N5O2. The van der Waals surface area contributed by atoms with Gasteiger partial charge in [-0.15, -0.1) is 0 Å². The van der Waals surface area contributed by atoms with E-state index in [4.69, 9.17) is 10.00 Å². The number of benzene rings is 2. The van der Waals surface area contributed by atoms with Crippen LogP contribution in [0.4, 0.5) is 10.6 Å². The fourth-order valence-electron chi connectivity index (χ4n) is 2.73. The highest BCUT2D eigenvalue weighted by molar-refractivity contribution is 6.00. The van der Waals surface area contributed by atoms with E-state index in [2.05, 4.69) is 26.9 Å². The van der Waals surface area contributed by atoms with Gasteiger partial charge in [-0.2, -0.15) is 10.4 Å². The molecule has 3 rings (SSSR count). The number of hydrogen-bond donors (Lipinski definition) is 3. The minimum Gasteiger partial charge on any atom is -0.382 e. The number of carbonyl (C=O) groups excluding carboxylic acids is 1. The highest BCUT2D eigenvalue weighted by Crippen LogP contribution is 2.27. The Kier molecular flexibility index (Phi) is 6.02. The maximum atomic E-state index is 12.0. The van der Waals surface area contributed by atoms with Crippen molar-refractivity contribution in [1.82, 2.24) is 15.5 Å². The lowest BCUT2D eigenvalue weighted by Crippen LogP contribution is -2.30. The first-order valence-corrected chi connectivity index (χ1v) is 8.82. The molecule has 3 N–H and O–H groups in total. The molecule has 138 valence electrons. The van der Waals surface area contributed by atoms with Crippen molar-refractivity contribution in [3.63, 3.8) is 0 Å². The van der Waals surface area contributed by atoms with Crippen LogP contribution in [0.3, 0.4) is 0 Å². The van der Waals surface area contributed by atoms with Crippen molar-refractivity contribution in [2.45, 2.75) is 13.3 Å². The molecule has 7 nitrogen and oxygen atoms in total. The van der Waals surface area contributed by atoms with Crippen molar-refractivity contribution >= 4 is 22.8 Å². The number of hydrogen-bond acceptors (Lipinski definition) is 4. The first-order valence-electron chi connectivity index (χ1n) is 8.82. The number of nitrogens with one attached hydrogen (secondary N) is 3. The maximum absolute atomic E-state index is 12.0. The second kappa shape index (κ2) is 8.83. The van der Waals surface area contributed by atoms with Gasteiger partial charge in [-0.05, 0) is 48.7 Å². The number of nitriles is 1. The quantitative estimate of drug-likeness (QED) is 0.558. The molecule has 0 aliphatic heterocycles. The molecule has 27 heavy (non-hydrogen) atoms. The standard InChI is InChI=1S/C20H21N5O2/c1-2-27-10-4-9-22-20(26)23-19-17-8-7-16(12-18(17)24-25-19)15-6-3-5-14(11-15)13-21/h3,5-8,11-12H,2,4,9-10H2,1H3,(H3,22,23,24,25,26). The van der Waals surface area contributed by atoms with Gasteiger partial charge in [0.25, 0.3) is 0 Å². The van der Waals surface area contributed by atoms with Crippen molar-refractivity contribution in [2.75, 3.05) is 25.1 Å². The van der Waals surface area contributed by atoms with E-state index in [1.807, 2.05) is 43.3 Å². The number of ether oxygens (including phenoxy) is 1. The van der Waals surface area contributed by atoms with E-state index in [0.29, 0.717) is 31.1 Å². The van der Waals surface area contributed by atoms with Gasteiger partial charge in [-0.3, -0.25) is 10.4 Å². The summed E-state index contributed by atoms with van der Waals surface area (Å²) in [7, 11) is 0. The van der Waals surface area contributed by atoms with E-state index >= 15 is 0 Å². The highest BCUT2D eigenvalue weighted by Gasteiger charge is 2.10. The summed E-state index contributed by atoms with van der Waals surface area (Å²) in [6, 6.07) is 15.1. The lowest BCUT2D eigenvalue weighted by Gasteiger charge is -2.06. The number of anilines is 1. The number of aromatic nitrogens is 2. The van der Waals surface area contributed by atoms with Crippen LogP contribution in [-0.2, 0) is 4.74 Å². The van der Waals surface area contributed by atoms with E-state index < -0.39 is 0 Å². The topological polar surface area (TPSA) is 103 Å². The maximum Gasteiger partial charge on any atom is 0.320 e. The minimum absolute atomic E-state index is 0.300. The Hall–Kier alpha value is -3.37. The molecular weight excluding hydrogens is 342 g/mol. The van der Waals surface area contributed by atoms with Crippen LogP contribution in [0.2, 0.25) is 0 Å². The van der Waals surface area contributed by atoms with Crippen LogP contribution in [0.25, 0.3) is 22.0 Å². The van der Waals surface area contributed by atoms with Gasteiger partial charge in [-0.25, -0.2) is 4.79 Å². The monoisotopic (exact) mass is 363 g/mol. The van der Waals surface area contributed by atoms with E-state index in [1.165, 1.54) is 0 Å². The summed E-state index contributed by atoms with van der Waals surface area (Å²) in [5.41, 5.74) is 3.34. The molecule has 7 heteroatoms. The molecule has 2 aromatic carbocycles. The van der Waals surface area contributed by atoms with Crippen LogP contribution < -0.4 is 10.6 Å². The molecule has 1 heterocycles. The predicted octanol–water partition coefficient (Wildman–Crippen LogP) is 3.65. The molecule has 0 saturated heterocycles. The van der Waals surface area contributed by atoms with Gasteiger partial charge in [0.05, 0.1) is 17.1 Å². The third-order valence-corrected chi connectivity index (χ3v) is 4.07. The summed E-state index contributed by atoms with van der Waals surface area (Å²) in [5.74, 6) is 0.477. The fourth-order valence-corrected chi connectivity index (χ4v) is 2.73. The summed E-state index contributed by atoms with van der Waals surface area (Å²) in [6.45, 7) is 3.77. The molecule has 0 aliphatic rings. The van der Waals surface area contributed by atoms with Gasteiger partial charge in [-0.1, -0.05) is 18.2 Å². The normalized spacial score (nSPS) is 10.5. The number of urea groups is 1. The molecule has 0 unspecified atom stereocenters. The highest BCUT2D eigenvalue weighted by atomic mass is 16.5. The Balaban J connectivity index is 1.68. The van der Waals surface area contributed by atoms with Gasteiger partial charge < -0.3 is 10.1 Å². The molecule has 0 spiro atoms. The van der Waals surface area contributed by atoms with Crippen LogP contribution in [0.1, 0.15) is 18.9 Å². The zero-order valence-corrected chi connectivity index (χ0v) is 15.1. The zero-order valence-electron chi connectivity index (χ0n) is 15.1. The second-order valence-corrected chi connectivity index (χ2v) is 5.96. The summed E-state index contributed by atoms with van der Waals surface area (Å²) >= 11 is 0. The van der Waals surface area contributed by atoms with Crippen LogP contribution in [-0.4, -0.2) is 36.0 Å². The SMILES string of the molecule is CCOCCCNC(=O)Nc1n[nH]c2cc(-c3cccc(C#N)c3)ccc12. The molecule has 0 radical (unpaired) electrons. The van der Waals surface area contributed by atoms with Gasteiger partial charge in [0.1, 0.15) is 0 Å². The van der Waals surface area contributed by atoms with E-state index in [-0.39, 0.29) is 6.03 Å². The van der Waals surface area contributed by atoms with Gasteiger partial charge in [0, 0.05) is 25.1 Å². The minimum atomic E-state index is -0.300. The molecule has 2 amide bonds. The van der Waals surface area contributed by atoms with E-state index in [0.717, 1.165) is 28.5 Å². The summed E-state index contributed by atoms with van der Waals surface area (Å²) in [4.78, 5) is 12.0. The predicted molar refractivity (Wildman–Crippen MR) is 104 cm³/mol. The van der Waals surface area contributed by atoms with Crippen LogP contribution in [0.15, 0.2) is 42.5 Å². The second-order valence-electron chi connectivity index (χ2n) is 5.96. The third kappa shape index (κ3) is 4.63. The molecule has 0 fully saturated rings. The number of aromatic amines is 1. The number of H-pyrrole nitrogens is 1. The fraction of sp³-hybridized carbons (Fsp3) is 0.250. The van der Waals surface area contributed by atoms with Crippen molar-refractivity contribution in [3.8, 4) is 17.2 Å². The Morgan fingerprint density at radius 2 is 2.11 bits per heavy atom. The average molecular weight is 363 g/mol. The molecule has 0 saturated carbocycles. The molecule has 0 aliphatic carbocycles. The number of carbonyl (C=O) groups is 1. The Morgan fingerprint density at radius 1 is 1.26 bits per heavy atom. The zero-order chi connectivity index (χ0) is 19.1. The molecule has 0 atom stereocenters. The number of nitrogens with zero attached hydrogens (tertiary/aromatic N) is 2.